The fourth-order valence-electron chi connectivity index (χ4n) is 2.97. The largest absolute Gasteiger partial charge is 0.352 e. The van der Waals surface area contributed by atoms with Gasteiger partial charge in [0.1, 0.15) is 0 Å². The van der Waals surface area contributed by atoms with Crippen molar-refractivity contribution < 1.29 is 4.79 Å². The molecule has 1 fully saturated rings. The number of rotatable bonds is 5. The van der Waals surface area contributed by atoms with Gasteiger partial charge in [0.05, 0.1) is 6.54 Å². The van der Waals surface area contributed by atoms with Crippen LogP contribution in [0.4, 0.5) is 0 Å². The van der Waals surface area contributed by atoms with Gasteiger partial charge in [-0.05, 0) is 37.3 Å². The Morgan fingerprint density at radius 2 is 2.05 bits per heavy atom. The van der Waals surface area contributed by atoms with Crippen LogP contribution in [-0.2, 0) is 4.79 Å². The molecule has 0 spiro atoms. The van der Waals surface area contributed by atoms with Gasteiger partial charge in [0.15, 0.2) is 0 Å². The Morgan fingerprint density at radius 1 is 1.33 bits per heavy atom. The average Bonchev–Trinajstić information content (AvgIpc) is 2.48. The molecule has 2 rings (SSSR count). The summed E-state index contributed by atoms with van der Waals surface area (Å²) in [5.74, 6) is 0.663. The second-order valence-electron chi connectivity index (χ2n) is 6.06. The second kappa shape index (κ2) is 7.81. The lowest BCUT2D eigenvalue weighted by molar-refractivity contribution is -0.121. The van der Waals surface area contributed by atoms with E-state index in [1.807, 2.05) is 31.2 Å². The lowest BCUT2D eigenvalue weighted by Gasteiger charge is -2.29. The molecule has 0 radical (unpaired) electrons. The van der Waals surface area contributed by atoms with Crippen LogP contribution in [-0.4, -0.2) is 18.5 Å². The molecule has 2 N–H and O–H groups in total. The molecule has 3 nitrogen and oxygen atoms in total. The molecular weight excluding hydrogens is 284 g/mol. The lowest BCUT2D eigenvalue weighted by Crippen LogP contribution is -2.45. The third-order valence-corrected chi connectivity index (χ3v) is 4.74. The molecule has 0 aromatic heterocycles. The van der Waals surface area contributed by atoms with Crippen molar-refractivity contribution in [3.05, 3.63) is 34.9 Å². The fourth-order valence-corrected chi connectivity index (χ4v) is 3.27. The molecule has 3 atom stereocenters. The Hall–Kier alpha value is -1.06. The third-order valence-electron chi connectivity index (χ3n) is 4.40. The van der Waals surface area contributed by atoms with Crippen LogP contribution < -0.4 is 10.6 Å². The van der Waals surface area contributed by atoms with E-state index < -0.39 is 0 Å². The summed E-state index contributed by atoms with van der Waals surface area (Å²) in [6, 6.07) is 8.13. The van der Waals surface area contributed by atoms with Crippen LogP contribution in [0.2, 0.25) is 5.02 Å². The summed E-state index contributed by atoms with van der Waals surface area (Å²) in [7, 11) is 0. The van der Waals surface area contributed by atoms with E-state index in [9.17, 15) is 4.79 Å². The number of halogens is 1. The first-order chi connectivity index (χ1) is 10.1. The van der Waals surface area contributed by atoms with Crippen molar-refractivity contribution in [3.63, 3.8) is 0 Å². The summed E-state index contributed by atoms with van der Waals surface area (Å²) in [4.78, 5) is 12.1. The lowest BCUT2D eigenvalue weighted by atomic mass is 9.86. The van der Waals surface area contributed by atoms with Crippen molar-refractivity contribution in [3.8, 4) is 0 Å². The van der Waals surface area contributed by atoms with Gasteiger partial charge >= 0.3 is 0 Å². The molecule has 0 saturated heterocycles. The monoisotopic (exact) mass is 308 g/mol. The van der Waals surface area contributed by atoms with Gasteiger partial charge in [-0.15, -0.1) is 0 Å². The quantitative estimate of drug-likeness (QED) is 0.871. The summed E-state index contributed by atoms with van der Waals surface area (Å²) in [5, 5.41) is 7.14. The highest BCUT2D eigenvalue weighted by Gasteiger charge is 2.22. The van der Waals surface area contributed by atoms with Crippen molar-refractivity contribution in [1.82, 2.24) is 10.6 Å². The summed E-state index contributed by atoms with van der Waals surface area (Å²) < 4.78 is 0. The average molecular weight is 309 g/mol. The van der Waals surface area contributed by atoms with Gasteiger partial charge in [-0.2, -0.15) is 0 Å². The van der Waals surface area contributed by atoms with E-state index in [1.165, 1.54) is 19.3 Å². The number of nitrogens with one attached hydrogen (secondary N) is 2. The highest BCUT2D eigenvalue weighted by molar-refractivity contribution is 6.31. The molecule has 0 bridgehead atoms. The summed E-state index contributed by atoms with van der Waals surface area (Å²) in [5.41, 5.74) is 1.03. The molecule has 4 heteroatoms. The number of hydrogen-bond acceptors (Lipinski definition) is 2. The zero-order valence-corrected chi connectivity index (χ0v) is 13.6. The summed E-state index contributed by atoms with van der Waals surface area (Å²) in [6.07, 6.45) is 4.83. The van der Waals surface area contributed by atoms with Crippen molar-refractivity contribution >= 4 is 17.5 Å². The molecule has 0 heterocycles. The molecule has 1 saturated carbocycles. The highest BCUT2D eigenvalue weighted by Crippen LogP contribution is 2.24. The molecular formula is C17H25ClN2O. The summed E-state index contributed by atoms with van der Waals surface area (Å²) in [6.45, 7) is 4.58. The summed E-state index contributed by atoms with van der Waals surface area (Å²) >= 11 is 6.17. The van der Waals surface area contributed by atoms with Crippen LogP contribution in [0.1, 0.15) is 51.1 Å². The van der Waals surface area contributed by atoms with Crippen LogP contribution in [0.15, 0.2) is 24.3 Å². The maximum atomic E-state index is 12.1. The van der Waals surface area contributed by atoms with Crippen LogP contribution in [0.5, 0.6) is 0 Å². The van der Waals surface area contributed by atoms with Crippen LogP contribution >= 0.6 is 11.6 Å². The standard InChI is InChI=1S/C17H25ClN2O/c1-12-7-3-6-10-16(12)20-17(21)11-19-13(2)14-8-4-5-9-15(14)18/h4-5,8-9,12-13,16,19H,3,6-7,10-11H2,1-2H3,(H,20,21)/t12-,13-,16-/m0/s1. The van der Waals surface area contributed by atoms with E-state index in [4.69, 9.17) is 11.6 Å². The molecule has 0 aliphatic heterocycles. The van der Waals surface area contributed by atoms with Gasteiger partial charge in [-0.3, -0.25) is 4.79 Å². The SMILES string of the molecule is C[C@H](NCC(=O)N[C@H]1CCCC[C@@H]1C)c1ccccc1Cl. The Morgan fingerprint density at radius 3 is 2.76 bits per heavy atom. The first-order valence-electron chi connectivity index (χ1n) is 7.85. The van der Waals surface area contributed by atoms with E-state index in [0.29, 0.717) is 18.5 Å². The molecule has 1 aliphatic rings. The smallest absolute Gasteiger partial charge is 0.234 e. The molecule has 1 aliphatic carbocycles. The van der Waals surface area contributed by atoms with Gasteiger partial charge in [0.25, 0.3) is 0 Å². The van der Waals surface area contributed by atoms with Crippen LogP contribution in [0, 0.1) is 5.92 Å². The van der Waals surface area contributed by atoms with Crippen LogP contribution in [0.3, 0.4) is 0 Å². The molecule has 1 aromatic rings. The number of carbonyl (C=O) groups excluding carboxylic acids is 1. The zero-order valence-electron chi connectivity index (χ0n) is 12.9. The number of amides is 1. The van der Waals surface area contributed by atoms with Crippen molar-refractivity contribution in [2.75, 3.05) is 6.54 Å². The zero-order chi connectivity index (χ0) is 15.2. The first kappa shape index (κ1) is 16.3. The molecule has 116 valence electrons. The Balaban J connectivity index is 1.79. The van der Waals surface area contributed by atoms with E-state index in [2.05, 4.69) is 17.6 Å². The minimum atomic E-state index is 0.0632. The van der Waals surface area contributed by atoms with Crippen molar-refractivity contribution in [2.45, 2.75) is 51.6 Å². The number of carbonyl (C=O) groups is 1. The molecule has 1 aromatic carbocycles. The Kier molecular flexibility index (Phi) is 6.07. The van der Waals surface area contributed by atoms with Crippen molar-refractivity contribution in [2.24, 2.45) is 5.92 Å². The third kappa shape index (κ3) is 4.72. The number of benzene rings is 1. The second-order valence-corrected chi connectivity index (χ2v) is 6.47. The van der Waals surface area contributed by atoms with Gasteiger partial charge in [-0.25, -0.2) is 0 Å². The maximum Gasteiger partial charge on any atom is 0.234 e. The van der Waals surface area contributed by atoms with Gasteiger partial charge in [0, 0.05) is 17.1 Å². The van der Waals surface area contributed by atoms with E-state index in [-0.39, 0.29) is 11.9 Å². The maximum absolute atomic E-state index is 12.1. The first-order valence-corrected chi connectivity index (χ1v) is 8.23. The van der Waals surface area contributed by atoms with E-state index >= 15 is 0 Å². The van der Waals surface area contributed by atoms with Gasteiger partial charge < -0.3 is 10.6 Å². The van der Waals surface area contributed by atoms with E-state index in [1.54, 1.807) is 0 Å². The highest BCUT2D eigenvalue weighted by atomic mass is 35.5. The predicted octanol–water partition coefficient (Wildman–Crippen LogP) is 3.69. The predicted molar refractivity (Wildman–Crippen MR) is 87.4 cm³/mol. The molecule has 1 amide bonds. The number of hydrogen-bond donors (Lipinski definition) is 2. The topological polar surface area (TPSA) is 41.1 Å². The van der Waals surface area contributed by atoms with E-state index in [0.717, 1.165) is 17.0 Å². The normalized spacial score (nSPS) is 23.6. The molecule has 21 heavy (non-hydrogen) atoms. The van der Waals surface area contributed by atoms with Crippen molar-refractivity contribution in [1.29, 1.82) is 0 Å². The minimum absolute atomic E-state index is 0.0632. The minimum Gasteiger partial charge on any atom is -0.352 e. The Labute approximate surface area is 132 Å². The Bertz CT molecular complexity index is 478. The van der Waals surface area contributed by atoms with Gasteiger partial charge in [-0.1, -0.05) is 49.6 Å². The fraction of sp³-hybridized carbons (Fsp3) is 0.588. The van der Waals surface area contributed by atoms with Crippen LogP contribution in [0.25, 0.3) is 0 Å². The van der Waals surface area contributed by atoms with Gasteiger partial charge in [0.2, 0.25) is 5.91 Å². The molecule has 0 unspecified atom stereocenters.